The molecule has 0 fully saturated rings. The second-order valence-electron chi connectivity index (χ2n) is 5.53. The number of allylic oxidation sites excluding steroid dienone is 1. The fraction of sp³-hybridized carbons (Fsp3) is 0.389. The normalized spacial score (nSPS) is 12.5. The van der Waals surface area contributed by atoms with Crippen molar-refractivity contribution >= 4 is 34.0 Å². The highest BCUT2D eigenvalue weighted by atomic mass is 32.2. The molecule has 0 bridgehead atoms. The fourth-order valence-electron chi connectivity index (χ4n) is 2.32. The molecule has 0 aliphatic heterocycles. The van der Waals surface area contributed by atoms with E-state index >= 15 is 0 Å². The van der Waals surface area contributed by atoms with E-state index in [1.807, 2.05) is 56.2 Å². The third kappa shape index (κ3) is 4.45. The monoisotopic (exact) mass is 361 g/mol. The number of pyridine rings is 1. The van der Waals surface area contributed by atoms with Gasteiger partial charge in [0.05, 0.1) is 5.69 Å². The third-order valence-electron chi connectivity index (χ3n) is 3.55. The molecular formula is C18H23N3OS2. The molecule has 0 saturated carbocycles. The van der Waals surface area contributed by atoms with E-state index in [0.29, 0.717) is 6.54 Å². The lowest BCUT2D eigenvalue weighted by molar-refractivity contribution is -0.121. The first-order chi connectivity index (χ1) is 11.6. The van der Waals surface area contributed by atoms with E-state index in [9.17, 15) is 4.79 Å². The van der Waals surface area contributed by atoms with E-state index in [2.05, 4.69) is 9.97 Å². The lowest BCUT2D eigenvalue weighted by atomic mass is 10.2. The van der Waals surface area contributed by atoms with Gasteiger partial charge in [-0.05, 0) is 32.2 Å². The van der Waals surface area contributed by atoms with E-state index < -0.39 is 0 Å². The number of amides is 1. The number of carbonyl (C=O) groups excluding carboxylic acids is 1. The molecule has 0 spiro atoms. The number of hydrogen-bond donors (Lipinski definition) is 0. The SMILES string of the molecule is C/C=C/CN(C(=O)C(C)CSC)c1sc(-c2cccnc2)nc1C. The van der Waals surface area contributed by atoms with Crippen LogP contribution in [0.2, 0.25) is 0 Å². The average Bonchev–Trinajstić information content (AvgIpc) is 2.98. The smallest absolute Gasteiger partial charge is 0.231 e. The minimum absolute atomic E-state index is 0.0198. The van der Waals surface area contributed by atoms with Crippen LogP contribution in [0.3, 0.4) is 0 Å². The Bertz CT molecular complexity index is 698. The van der Waals surface area contributed by atoms with Crippen LogP contribution in [0.15, 0.2) is 36.7 Å². The van der Waals surface area contributed by atoms with Crippen molar-refractivity contribution in [3.05, 3.63) is 42.4 Å². The van der Waals surface area contributed by atoms with Gasteiger partial charge in [0.15, 0.2) is 0 Å². The minimum atomic E-state index is -0.0198. The summed E-state index contributed by atoms with van der Waals surface area (Å²) in [5, 5.41) is 1.82. The number of aryl methyl sites for hydroxylation is 1. The van der Waals surface area contributed by atoms with Crippen LogP contribution < -0.4 is 4.90 Å². The largest absolute Gasteiger partial charge is 0.298 e. The summed E-state index contributed by atoms with van der Waals surface area (Å²) in [4.78, 5) is 23.5. The molecule has 4 nitrogen and oxygen atoms in total. The highest BCUT2D eigenvalue weighted by Crippen LogP contribution is 2.35. The lowest BCUT2D eigenvalue weighted by Gasteiger charge is -2.23. The Morgan fingerprint density at radius 3 is 2.92 bits per heavy atom. The van der Waals surface area contributed by atoms with Crippen LogP contribution in [-0.4, -0.2) is 34.4 Å². The first kappa shape index (κ1) is 18.7. The molecule has 0 radical (unpaired) electrons. The summed E-state index contributed by atoms with van der Waals surface area (Å²) < 4.78 is 0. The molecule has 0 aliphatic carbocycles. The van der Waals surface area contributed by atoms with E-state index in [1.165, 1.54) is 0 Å². The van der Waals surface area contributed by atoms with Gasteiger partial charge in [0.2, 0.25) is 5.91 Å². The Hall–Kier alpha value is -1.66. The van der Waals surface area contributed by atoms with Crippen molar-refractivity contribution in [1.82, 2.24) is 9.97 Å². The predicted molar refractivity (Wildman–Crippen MR) is 105 cm³/mol. The first-order valence-electron chi connectivity index (χ1n) is 7.87. The maximum Gasteiger partial charge on any atom is 0.231 e. The van der Waals surface area contributed by atoms with Crippen molar-refractivity contribution in [2.75, 3.05) is 23.5 Å². The van der Waals surface area contributed by atoms with Crippen LogP contribution in [0.4, 0.5) is 5.00 Å². The maximum atomic E-state index is 12.9. The molecule has 0 aromatic carbocycles. The fourth-order valence-corrected chi connectivity index (χ4v) is 4.04. The van der Waals surface area contributed by atoms with Crippen LogP contribution in [0, 0.1) is 12.8 Å². The van der Waals surface area contributed by atoms with Gasteiger partial charge >= 0.3 is 0 Å². The van der Waals surface area contributed by atoms with Crippen molar-refractivity contribution in [2.24, 2.45) is 5.92 Å². The molecule has 24 heavy (non-hydrogen) atoms. The van der Waals surface area contributed by atoms with Gasteiger partial charge in [0, 0.05) is 36.2 Å². The van der Waals surface area contributed by atoms with Crippen molar-refractivity contribution in [3.8, 4) is 10.6 Å². The van der Waals surface area contributed by atoms with E-state index in [0.717, 1.165) is 27.0 Å². The summed E-state index contributed by atoms with van der Waals surface area (Å²) in [7, 11) is 0. The summed E-state index contributed by atoms with van der Waals surface area (Å²) in [5.74, 6) is 0.943. The quantitative estimate of drug-likeness (QED) is 0.685. The molecular weight excluding hydrogens is 338 g/mol. The molecule has 2 aromatic heterocycles. The van der Waals surface area contributed by atoms with Gasteiger partial charge in [0.1, 0.15) is 10.0 Å². The van der Waals surface area contributed by atoms with Gasteiger partial charge in [-0.15, -0.1) is 0 Å². The van der Waals surface area contributed by atoms with Crippen LogP contribution >= 0.6 is 23.1 Å². The summed E-state index contributed by atoms with van der Waals surface area (Å²) in [6.45, 7) is 6.49. The molecule has 128 valence electrons. The lowest BCUT2D eigenvalue weighted by Crippen LogP contribution is -2.36. The number of aromatic nitrogens is 2. The number of anilines is 1. The summed E-state index contributed by atoms with van der Waals surface area (Å²) >= 11 is 3.24. The van der Waals surface area contributed by atoms with Crippen LogP contribution in [0.5, 0.6) is 0 Å². The summed E-state index contributed by atoms with van der Waals surface area (Å²) in [5.41, 5.74) is 1.86. The van der Waals surface area contributed by atoms with E-state index in [4.69, 9.17) is 0 Å². The van der Waals surface area contributed by atoms with Crippen LogP contribution in [-0.2, 0) is 4.79 Å². The van der Waals surface area contributed by atoms with E-state index in [-0.39, 0.29) is 11.8 Å². The molecule has 1 unspecified atom stereocenters. The second-order valence-corrected chi connectivity index (χ2v) is 7.41. The first-order valence-corrected chi connectivity index (χ1v) is 10.1. The molecule has 0 N–H and O–H groups in total. The predicted octanol–water partition coefficient (Wildman–Crippen LogP) is 4.42. The van der Waals surface area contributed by atoms with Crippen LogP contribution in [0.1, 0.15) is 19.5 Å². The topological polar surface area (TPSA) is 46.1 Å². The van der Waals surface area contributed by atoms with E-state index in [1.54, 1.807) is 35.5 Å². The standard InChI is InChI=1S/C18H23N3OS2/c1-5-6-10-21(17(22)13(2)12-23-4)18-14(3)20-16(24-18)15-8-7-9-19-11-15/h5-9,11,13H,10,12H2,1-4H3/b6-5+. The number of thiazole rings is 1. The van der Waals surface area contributed by atoms with Gasteiger partial charge in [-0.2, -0.15) is 11.8 Å². The maximum absolute atomic E-state index is 12.9. The van der Waals surface area contributed by atoms with Gasteiger partial charge in [0.25, 0.3) is 0 Å². The van der Waals surface area contributed by atoms with Crippen molar-refractivity contribution < 1.29 is 4.79 Å². The zero-order valence-electron chi connectivity index (χ0n) is 14.5. The molecule has 2 aromatic rings. The zero-order chi connectivity index (χ0) is 17.5. The van der Waals surface area contributed by atoms with Gasteiger partial charge in [-0.25, -0.2) is 4.98 Å². The Morgan fingerprint density at radius 1 is 1.50 bits per heavy atom. The summed E-state index contributed by atoms with van der Waals surface area (Å²) in [6, 6.07) is 3.89. The minimum Gasteiger partial charge on any atom is -0.298 e. The van der Waals surface area contributed by atoms with Gasteiger partial charge in [-0.3, -0.25) is 14.7 Å². The number of hydrogen-bond acceptors (Lipinski definition) is 5. The molecule has 0 aliphatic rings. The Balaban J connectivity index is 2.36. The Kier molecular flexibility index (Phi) is 6.99. The molecule has 1 atom stereocenters. The van der Waals surface area contributed by atoms with Crippen molar-refractivity contribution in [2.45, 2.75) is 20.8 Å². The van der Waals surface area contributed by atoms with Gasteiger partial charge < -0.3 is 0 Å². The Morgan fingerprint density at radius 2 is 2.29 bits per heavy atom. The molecule has 1 amide bonds. The molecule has 6 heteroatoms. The van der Waals surface area contributed by atoms with Crippen LogP contribution in [0.25, 0.3) is 10.6 Å². The molecule has 2 rings (SSSR count). The third-order valence-corrected chi connectivity index (χ3v) is 5.62. The number of rotatable bonds is 7. The highest BCUT2D eigenvalue weighted by Gasteiger charge is 2.24. The molecule has 2 heterocycles. The number of thioether (sulfide) groups is 1. The summed E-state index contributed by atoms with van der Waals surface area (Å²) in [6.07, 6.45) is 9.55. The zero-order valence-corrected chi connectivity index (χ0v) is 16.2. The van der Waals surface area contributed by atoms with Crippen molar-refractivity contribution in [1.29, 1.82) is 0 Å². The second kappa shape index (κ2) is 8.99. The highest BCUT2D eigenvalue weighted by molar-refractivity contribution is 7.98. The molecule has 0 saturated heterocycles. The van der Waals surface area contributed by atoms with Gasteiger partial charge in [-0.1, -0.05) is 30.4 Å². The average molecular weight is 362 g/mol. The van der Waals surface area contributed by atoms with Crippen molar-refractivity contribution in [3.63, 3.8) is 0 Å². The number of carbonyl (C=O) groups is 1. The Labute approximate surface area is 152 Å². The number of nitrogens with zero attached hydrogens (tertiary/aromatic N) is 3.